The second-order valence-electron chi connectivity index (χ2n) is 10.2. The standard InChI is InChI=1S/C20H32O6/c1-9-10-6-13(22)17(2,3)20(10,26)14(23)7-19-8-18(4,25)11(16(19)24)5-12(21)15(9)19/h10-16,21-26H,1,5-8H2,2-4H3. The maximum absolute atomic E-state index is 11.6. The van der Waals surface area contributed by atoms with Gasteiger partial charge in [-0.2, -0.15) is 0 Å². The van der Waals surface area contributed by atoms with Crippen molar-refractivity contribution >= 4 is 0 Å². The molecule has 0 aromatic carbocycles. The second kappa shape index (κ2) is 5.10. The van der Waals surface area contributed by atoms with Gasteiger partial charge >= 0.3 is 0 Å². The van der Waals surface area contributed by atoms with Crippen LogP contribution >= 0.6 is 0 Å². The SMILES string of the molecule is C=C1C2C(O)CC3C(O)C2(CC(O)C2(O)C1CC(O)C2(C)C)CC3(C)O. The lowest BCUT2D eigenvalue weighted by atomic mass is 9.60. The van der Waals surface area contributed by atoms with Crippen LogP contribution in [0.25, 0.3) is 0 Å². The zero-order valence-corrected chi connectivity index (χ0v) is 15.8. The van der Waals surface area contributed by atoms with Gasteiger partial charge in [0.1, 0.15) is 5.60 Å². The minimum Gasteiger partial charge on any atom is -0.392 e. The molecule has 6 nitrogen and oxygen atoms in total. The van der Waals surface area contributed by atoms with E-state index in [0.717, 1.165) is 0 Å². The largest absolute Gasteiger partial charge is 0.392 e. The zero-order valence-electron chi connectivity index (χ0n) is 15.8. The highest BCUT2D eigenvalue weighted by molar-refractivity contribution is 5.33. The Morgan fingerprint density at radius 3 is 2.19 bits per heavy atom. The van der Waals surface area contributed by atoms with E-state index in [0.29, 0.717) is 5.57 Å². The molecule has 2 bridgehead atoms. The summed E-state index contributed by atoms with van der Waals surface area (Å²) in [5.41, 5.74) is -4.05. The smallest absolute Gasteiger partial charge is 0.105 e. The molecule has 4 rings (SSSR count). The van der Waals surface area contributed by atoms with Crippen molar-refractivity contribution in [2.45, 2.75) is 82.1 Å². The first kappa shape index (κ1) is 18.8. The summed E-state index contributed by atoms with van der Waals surface area (Å²) in [5, 5.41) is 66.2. The molecule has 0 aromatic heterocycles. The molecular weight excluding hydrogens is 336 g/mol. The van der Waals surface area contributed by atoms with E-state index < -0.39 is 64.2 Å². The molecule has 10 unspecified atom stereocenters. The van der Waals surface area contributed by atoms with Crippen LogP contribution in [-0.2, 0) is 0 Å². The van der Waals surface area contributed by atoms with Crippen LogP contribution in [0, 0.1) is 28.6 Å². The molecule has 0 heterocycles. The Labute approximate surface area is 154 Å². The molecule has 10 atom stereocenters. The maximum Gasteiger partial charge on any atom is 0.105 e. The van der Waals surface area contributed by atoms with Gasteiger partial charge in [-0.05, 0) is 32.6 Å². The predicted molar refractivity (Wildman–Crippen MR) is 93.9 cm³/mol. The van der Waals surface area contributed by atoms with Crippen LogP contribution in [0.4, 0.5) is 0 Å². The summed E-state index contributed by atoms with van der Waals surface area (Å²) in [6, 6.07) is 0. The highest BCUT2D eigenvalue weighted by atomic mass is 16.4. The quantitative estimate of drug-likeness (QED) is 0.333. The third-order valence-electron chi connectivity index (χ3n) is 8.74. The number of hydrogen-bond acceptors (Lipinski definition) is 6. The number of fused-ring (bicyclic) bond motifs is 2. The van der Waals surface area contributed by atoms with Crippen molar-refractivity contribution in [1.29, 1.82) is 0 Å². The van der Waals surface area contributed by atoms with E-state index in [1.807, 2.05) is 0 Å². The molecule has 4 fully saturated rings. The summed E-state index contributed by atoms with van der Waals surface area (Å²) >= 11 is 0. The Kier molecular flexibility index (Phi) is 3.70. The number of hydrogen-bond donors (Lipinski definition) is 6. The van der Waals surface area contributed by atoms with E-state index >= 15 is 0 Å². The summed E-state index contributed by atoms with van der Waals surface area (Å²) in [4.78, 5) is 0. The molecule has 6 heteroatoms. The molecule has 4 saturated carbocycles. The first-order chi connectivity index (χ1) is 11.8. The topological polar surface area (TPSA) is 121 Å². The number of rotatable bonds is 0. The van der Waals surface area contributed by atoms with E-state index in [1.165, 1.54) is 0 Å². The van der Waals surface area contributed by atoms with Gasteiger partial charge in [-0.1, -0.05) is 26.0 Å². The van der Waals surface area contributed by atoms with Crippen molar-refractivity contribution in [3.8, 4) is 0 Å². The van der Waals surface area contributed by atoms with Crippen LogP contribution < -0.4 is 0 Å². The summed E-state index contributed by atoms with van der Waals surface area (Å²) in [6.45, 7) is 9.34. The van der Waals surface area contributed by atoms with Gasteiger partial charge in [-0.15, -0.1) is 0 Å². The van der Waals surface area contributed by atoms with Crippen LogP contribution in [0.1, 0.15) is 46.5 Å². The lowest BCUT2D eigenvalue weighted by molar-refractivity contribution is -0.176. The molecule has 0 aliphatic heterocycles. The lowest BCUT2D eigenvalue weighted by Gasteiger charge is -2.48. The molecule has 26 heavy (non-hydrogen) atoms. The fourth-order valence-corrected chi connectivity index (χ4v) is 7.28. The van der Waals surface area contributed by atoms with Gasteiger partial charge in [-0.25, -0.2) is 0 Å². The van der Waals surface area contributed by atoms with Gasteiger partial charge in [0, 0.05) is 28.6 Å². The van der Waals surface area contributed by atoms with Gasteiger partial charge in [-0.3, -0.25) is 0 Å². The van der Waals surface area contributed by atoms with Gasteiger partial charge in [0.15, 0.2) is 0 Å². The minimum atomic E-state index is -1.60. The van der Waals surface area contributed by atoms with Crippen molar-refractivity contribution in [3.63, 3.8) is 0 Å². The highest BCUT2D eigenvalue weighted by Gasteiger charge is 2.73. The van der Waals surface area contributed by atoms with E-state index in [4.69, 9.17) is 0 Å². The number of aliphatic hydroxyl groups is 6. The summed E-state index contributed by atoms with van der Waals surface area (Å²) < 4.78 is 0. The molecular formula is C20H32O6. The monoisotopic (exact) mass is 368 g/mol. The van der Waals surface area contributed by atoms with Crippen molar-refractivity contribution < 1.29 is 30.6 Å². The van der Waals surface area contributed by atoms with E-state index in [1.54, 1.807) is 20.8 Å². The van der Waals surface area contributed by atoms with Crippen molar-refractivity contribution in [2.24, 2.45) is 28.6 Å². The fraction of sp³-hybridized carbons (Fsp3) is 0.900. The van der Waals surface area contributed by atoms with E-state index in [9.17, 15) is 30.6 Å². The zero-order chi connectivity index (χ0) is 19.4. The van der Waals surface area contributed by atoms with Crippen LogP contribution in [0.2, 0.25) is 0 Å². The maximum atomic E-state index is 11.6. The predicted octanol–water partition coefficient (Wildman–Crippen LogP) is -0.0557. The van der Waals surface area contributed by atoms with Crippen molar-refractivity contribution in [1.82, 2.24) is 0 Å². The van der Waals surface area contributed by atoms with Crippen LogP contribution in [0.5, 0.6) is 0 Å². The van der Waals surface area contributed by atoms with E-state index in [2.05, 4.69) is 6.58 Å². The third-order valence-corrected chi connectivity index (χ3v) is 8.74. The van der Waals surface area contributed by atoms with Crippen LogP contribution in [0.3, 0.4) is 0 Å². The Morgan fingerprint density at radius 2 is 1.58 bits per heavy atom. The molecule has 0 amide bonds. The van der Waals surface area contributed by atoms with Crippen molar-refractivity contribution in [2.75, 3.05) is 0 Å². The minimum absolute atomic E-state index is 0.0602. The van der Waals surface area contributed by atoms with Gasteiger partial charge in [0.2, 0.25) is 0 Å². The Morgan fingerprint density at radius 1 is 0.962 bits per heavy atom. The van der Waals surface area contributed by atoms with Gasteiger partial charge < -0.3 is 30.6 Å². The summed E-state index contributed by atoms with van der Waals surface area (Å²) in [7, 11) is 0. The fourth-order valence-electron chi connectivity index (χ4n) is 7.28. The Balaban J connectivity index is 1.88. The normalized spacial score (nSPS) is 61.1. The first-order valence-corrected chi connectivity index (χ1v) is 9.66. The van der Waals surface area contributed by atoms with E-state index in [-0.39, 0.29) is 25.7 Å². The molecule has 6 N–H and O–H groups in total. The summed E-state index contributed by atoms with van der Waals surface area (Å²) in [6.07, 6.45) is -2.87. The molecule has 148 valence electrons. The molecule has 0 radical (unpaired) electrons. The van der Waals surface area contributed by atoms with Gasteiger partial charge in [0.25, 0.3) is 0 Å². The second-order valence-corrected chi connectivity index (χ2v) is 10.2. The Hall–Kier alpha value is -0.500. The lowest BCUT2D eigenvalue weighted by Crippen LogP contribution is -2.57. The van der Waals surface area contributed by atoms with Crippen molar-refractivity contribution in [3.05, 3.63) is 12.2 Å². The molecule has 4 aliphatic rings. The first-order valence-electron chi connectivity index (χ1n) is 9.66. The number of aliphatic hydroxyl groups excluding tert-OH is 4. The average Bonchev–Trinajstić information content (AvgIpc) is 2.73. The molecule has 4 aliphatic carbocycles. The molecule has 0 saturated heterocycles. The molecule has 0 aromatic rings. The summed E-state index contributed by atoms with van der Waals surface area (Å²) in [5.74, 6) is -1.58. The van der Waals surface area contributed by atoms with Crippen LogP contribution in [-0.4, -0.2) is 66.3 Å². The van der Waals surface area contributed by atoms with Gasteiger partial charge in [0.05, 0.1) is 30.0 Å². The Bertz CT molecular complexity index is 644. The molecule has 1 spiro atoms. The average molecular weight is 368 g/mol. The highest BCUT2D eigenvalue weighted by Crippen LogP contribution is 2.68. The third kappa shape index (κ3) is 1.88. The van der Waals surface area contributed by atoms with Crippen LogP contribution in [0.15, 0.2) is 12.2 Å².